The van der Waals surface area contributed by atoms with Gasteiger partial charge in [0.2, 0.25) is 0 Å². The molecule has 1 aliphatic heterocycles. The summed E-state index contributed by atoms with van der Waals surface area (Å²) in [5.74, 6) is -1.08. The number of nitrogens with zero attached hydrogens (tertiary/aromatic N) is 6. The minimum Gasteiger partial charge on any atom is -0.609 e. The van der Waals surface area contributed by atoms with Crippen molar-refractivity contribution in [2.45, 2.75) is 64.4 Å². The van der Waals surface area contributed by atoms with Gasteiger partial charge in [-0.25, -0.2) is 14.2 Å². The zero-order chi connectivity index (χ0) is 30.5. The highest BCUT2D eigenvalue weighted by molar-refractivity contribution is 7.90. The molecule has 1 saturated heterocycles. The smallest absolute Gasteiger partial charge is 0.410 e. The van der Waals surface area contributed by atoms with E-state index >= 15 is 0 Å². The summed E-state index contributed by atoms with van der Waals surface area (Å²) in [6.07, 6.45) is 5.92. The monoisotopic (exact) mass is 595 g/mol. The van der Waals surface area contributed by atoms with Crippen LogP contribution in [0.2, 0.25) is 0 Å². The first-order valence-corrected chi connectivity index (χ1v) is 15.1. The van der Waals surface area contributed by atoms with Crippen molar-refractivity contribution in [1.82, 2.24) is 24.3 Å². The number of halogens is 1. The van der Waals surface area contributed by atoms with Gasteiger partial charge in [-0.1, -0.05) is 0 Å². The summed E-state index contributed by atoms with van der Waals surface area (Å²) in [6, 6.07) is 4.34. The Morgan fingerprint density at radius 1 is 1.14 bits per heavy atom. The van der Waals surface area contributed by atoms with Crippen LogP contribution >= 0.6 is 0 Å². The SMILES string of the molecule is Cc1cn2cc(NC(=O)c3ccc(N4C[C@@H](C)N(C(=O)OC(C)(C)C)[C@@H](C)C4)c4cnc([S+](C)[O-])nc34)cc(F)c2n1. The van der Waals surface area contributed by atoms with E-state index in [1.165, 1.54) is 16.7 Å². The number of anilines is 2. The third-order valence-electron chi connectivity index (χ3n) is 6.96. The highest BCUT2D eigenvalue weighted by Gasteiger charge is 2.36. The number of piperazine rings is 1. The van der Waals surface area contributed by atoms with Crippen molar-refractivity contribution in [3.63, 3.8) is 0 Å². The highest BCUT2D eigenvalue weighted by Crippen LogP contribution is 2.32. The zero-order valence-electron chi connectivity index (χ0n) is 24.6. The number of ether oxygens (including phenoxy) is 1. The van der Waals surface area contributed by atoms with Crippen molar-refractivity contribution in [2.75, 3.05) is 29.6 Å². The van der Waals surface area contributed by atoms with E-state index < -0.39 is 28.5 Å². The first kappa shape index (κ1) is 29.5. The number of amides is 2. The second-order valence-electron chi connectivity index (χ2n) is 11.6. The van der Waals surface area contributed by atoms with Crippen LogP contribution < -0.4 is 10.2 Å². The van der Waals surface area contributed by atoms with Gasteiger partial charge in [-0.3, -0.25) is 9.69 Å². The van der Waals surface area contributed by atoms with Crippen molar-refractivity contribution in [3.8, 4) is 0 Å². The number of aryl methyl sites for hydroxylation is 1. The van der Waals surface area contributed by atoms with E-state index in [1.54, 1.807) is 36.5 Å². The van der Waals surface area contributed by atoms with Crippen LogP contribution in [-0.4, -0.2) is 77.8 Å². The molecular weight excluding hydrogens is 561 g/mol. The number of hydrogen-bond acceptors (Lipinski definition) is 8. The van der Waals surface area contributed by atoms with Crippen molar-refractivity contribution < 1.29 is 23.3 Å². The average Bonchev–Trinajstić information content (AvgIpc) is 3.26. The second kappa shape index (κ2) is 11.0. The normalized spacial score (nSPS) is 18.4. The first-order chi connectivity index (χ1) is 19.7. The molecule has 222 valence electrons. The highest BCUT2D eigenvalue weighted by atomic mass is 32.2. The van der Waals surface area contributed by atoms with Crippen LogP contribution in [0.1, 0.15) is 50.7 Å². The van der Waals surface area contributed by atoms with Crippen LogP contribution in [-0.2, 0) is 15.9 Å². The van der Waals surface area contributed by atoms with E-state index in [4.69, 9.17) is 4.74 Å². The third kappa shape index (κ3) is 5.84. The van der Waals surface area contributed by atoms with Gasteiger partial charge in [0.1, 0.15) is 11.9 Å². The molecular formula is C29H34FN7O4S. The third-order valence-corrected chi connectivity index (χ3v) is 7.67. The minimum atomic E-state index is -1.49. The molecule has 3 atom stereocenters. The van der Waals surface area contributed by atoms with Crippen LogP contribution in [0.4, 0.5) is 20.6 Å². The molecule has 13 heteroatoms. The summed E-state index contributed by atoms with van der Waals surface area (Å²) in [7, 11) is 0. The lowest BCUT2D eigenvalue weighted by Crippen LogP contribution is -2.59. The Bertz CT molecular complexity index is 1670. The molecule has 42 heavy (non-hydrogen) atoms. The van der Waals surface area contributed by atoms with Gasteiger partial charge in [-0.2, -0.15) is 9.97 Å². The van der Waals surface area contributed by atoms with Crippen LogP contribution in [0.3, 0.4) is 0 Å². The molecule has 0 aliphatic carbocycles. The molecule has 5 rings (SSSR count). The van der Waals surface area contributed by atoms with Gasteiger partial charge in [-0.05, 0) is 53.7 Å². The van der Waals surface area contributed by atoms with Gasteiger partial charge < -0.3 is 23.9 Å². The molecule has 3 aromatic heterocycles. The molecule has 0 spiro atoms. The molecule has 4 aromatic rings. The molecule has 1 unspecified atom stereocenters. The largest absolute Gasteiger partial charge is 0.609 e. The minimum absolute atomic E-state index is 0.0894. The molecule has 1 aliphatic rings. The number of benzene rings is 1. The Hall–Kier alpha value is -3.97. The molecule has 1 aromatic carbocycles. The predicted molar refractivity (Wildman–Crippen MR) is 159 cm³/mol. The van der Waals surface area contributed by atoms with E-state index in [0.29, 0.717) is 29.7 Å². The van der Waals surface area contributed by atoms with Gasteiger partial charge in [-0.15, -0.1) is 0 Å². The summed E-state index contributed by atoms with van der Waals surface area (Å²) >= 11 is -1.49. The van der Waals surface area contributed by atoms with Gasteiger partial charge in [0.05, 0.1) is 34.5 Å². The van der Waals surface area contributed by atoms with E-state index in [9.17, 15) is 18.5 Å². The van der Waals surface area contributed by atoms with Gasteiger partial charge >= 0.3 is 11.2 Å². The number of hydrogen-bond donors (Lipinski definition) is 1. The van der Waals surface area contributed by atoms with Crippen molar-refractivity contribution in [3.05, 3.63) is 53.9 Å². The fourth-order valence-electron chi connectivity index (χ4n) is 5.33. The second-order valence-corrected chi connectivity index (χ2v) is 12.9. The lowest BCUT2D eigenvalue weighted by atomic mass is 10.0. The average molecular weight is 596 g/mol. The van der Waals surface area contributed by atoms with Gasteiger partial charge in [0.15, 0.2) is 11.5 Å². The Morgan fingerprint density at radius 3 is 2.48 bits per heavy atom. The van der Waals surface area contributed by atoms with Gasteiger partial charge in [0.25, 0.3) is 5.91 Å². The van der Waals surface area contributed by atoms with Crippen LogP contribution in [0.25, 0.3) is 16.6 Å². The number of imidazole rings is 1. The van der Waals surface area contributed by atoms with Crippen molar-refractivity contribution in [2.24, 2.45) is 0 Å². The topological polar surface area (TPSA) is 128 Å². The number of nitrogens with one attached hydrogen (secondary N) is 1. The Balaban J connectivity index is 1.49. The molecule has 0 radical (unpaired) electrons. The standard InChI is InChI=1S/C29H34FN7O4S/c1-16-12-36-15-19(10-22(30)25(36)32-16)33-26(38)20-8-9-23(21-11-31-27(42(7)40)34-24(20)21)35-13-17(2)37(18(3)14-35)28(39)41-29(4,5)6/h8-12,15,17-18H,13-14H2,1-7H3,(H,33,38)/t17-,18+,42?. The number of rotatable bonds is 4. The summed E-state index contributed by atoms with van der Waals surface area (Å²) in [5.41, 5.74) is 1.76. The van der Waals surface area contributed by atoms with E-state index in [0.717, 1.165) is 5.69 Å². The maximum Gasteiger partial charge on any atom is 0.410 e. The number of carbonyl (C=O) groups excluding carboxylic acids is 2. The molecule has 0 bridgehead atoms. The molecule has 0 saturated carbocycles. The summed E-state index contributed by atoms with van der Waals surface area (Å²) in [6.45, 7) is 12.2. The summed E-state index contributed by atoms with van der Waals surface area (Å²) in [5, 5.41) is 3.44. The fraction of sp³-hybridized carbons (Fsp3) is 0.414. The fourth-order valence-corrected chi connectivity index (χ4v) is 5.75. The van der Waals surface area contributed by atoms with Crippen LogP contribution in [0.15, 0.2) is 41.9 Å². The van der Waals surface area contributed by atoms with E-state index in [1.807, 2.05) is 40.7 Å². The quantitative estimate of drug-likeness (QED) is 0.269. The van der Waals surface area contributed by atoms with Crippen LogP contribution in [0.5, 0.6) is 0 Å². The number of pyridine rings is 1. The maximum atomic E-state index is 14.7. The lowest BCUT2D eigenvalue weighted by molar-refractivity contribution is 0.00566. The Morgan fingerprint density at radius 2 is 1.83 bits per heavy atom. The van der Waals surface area contributed by atoms with Crippen LogP contribution in [0, 0.1) is 12.7 Å². The van der Waals surface area contributed by atoms with E-state index in [2.05, 4.69) is 25.2 Å². The zero-order valence-corrected chi connectivity index (χ0v) is 25.5. The summed E-state index contributed by atoms with van der Waals surface area (Å²) < 4.78 is 34.1. The Kier molecular flexibility index (Phi) is 7.75. The van der Waals surface area contributed by atoms with E-state index in [-0.39, 0.29) is 40.2 Å². The molecule has 1 N–H and O–H groups in total. The van der Waals surface area contributed by atoms with Crippen molar-refractivity contribution in [1.29, 1.82) is 0 Å². The molecule has 1 fully saturated rings. The Labute approximate surface area is 246 Å². The maximum absolute atomic E-state index is 14.7. The first-order valence-electron chi connectivity index (χ1n) is 13.6. The predicted octanol–water partition coefficient (Wildman–Crippen LogP) is 4.55. The number of carbonyl (C=O) groups is 2. The molecule has 4 heterocycles. The number of aromatic nitrogens is 4. The van der Waals surface area contributed by atoms with Gasteiger partial charge in [0, 0.05) is 60.0 Å². The molecule has 2 amide bonds. The lowest BCUT2D eigenvalue weighted by Gasteiger charge is -2.45. The number of fused-ring (bicyclic) bond motifs is 2. The molecule has 11 nitrogen and oxygen atoms in total. The summed E-state index contributed by atoms with van der Waals surface area (Å²) in [4.78, 5) is 43.3. The van der Waals surface area contributed by atoms with Crippen molar-refractivity contribution >= 4 is 51.1 Å².